The molecule has 0 aliphatic heterocycles. The molecule has 0 aliphatic carbocycles. The molecule has 0 aliphatic rings. The van der Waals surface area contributed by atoms with Crippen LogP contribution in [0.5, 0.6) is 0 Å². The smallest absolute Gasteiger partial charge is 0.244 e. The van der Waals surface area contributed by atoms with Gasteiger partial charge in [-0.05, 0) is 30.7 Å². The molecule has 6 N–H and O–H groups in total. The monoisotopic (exact) mass is 352 g/mol. The van der Waals surface area contributed by atoms with Crippen molar-refractivity contribution in [1.29, 1.82) is 0 Å². The van der Waals surface area contributed by atoms with E-state index in [1.54, 1.807) is 18.2 Å². The Morgan fingerprint density at radius 2 is 1.70 bits per heavy atom. The topological polar surface area (TPSA) is 93.2 Å². The number of anilines is 1. The number of nitrogens with two attached hydrogens (primary N) is 2. The number of hydrogen-bond donors (Lipinski definition) is 4. The van der Waals surface area contributed by atoms with E-state index in [0.29, 0.717) is 15.6 Å². The van der Waals surface area contributed by atoms with Gasteiger partial charge in [-0.1, -0.05) is 47.5 Å². The first-order valence-corrected chi connectivity index (χ1v) is 7.76. The van der Waals surface area contributed by atoms with Gasteiger partial charge in [0.15, 0.2) is 0 Å². The zero-order valence-electron chi connectivity index (χ0n) is 12.5. The molecule has 1 amide bonds. The zero-order valence-corrected chi connectivity index (χ0v) is 14.0. The van der Waals surface area contributed by atoms with E-state index in [1.165, 1.54) is 0 Å². The second-order valence-electron chi connectivity index (χ2n) is 5.09. The molecule has 0 bridgehead atoms. The van der Waals surface area contributed by atoms with E-state index in [1.807, 2.05) is 31.2 Å². The molecule has 2 unspecified atom stereocenters. The molecule has 0 saturated carbocycles. The molecule has 2 aromatic carbocycles. The molecule has 0 saturated heterocycles. The number of benzene rings is 2. The second kappa shape index (κ2) is 7.66. The molecule has 7 heteroatoms. The third kappa shape index (κ3) is 3.95. The minimum atomic E-state index is -0.859. The highest BCUT2D eigenvalue weighted by Gasteiger charge is 2.24. The lowest BCUT2D eigenvalue weighted by molar-refractivity contribution is -0.118. The highest BCUT2D eigenvalue weighted by atomic mass is 35.5. The molecule has 0 spiro atoms. The fraction of sp³-hybridized carbons (Fsp3) is 0.188. The van der Waals surface area contributed by atoms with E-state index in [2.05, 4.69) is 10.7 Å². The van der Waals surface area contributed by atoms with E-state index < -0.39 is 11.9 Å². The summed E-state index contributed by atoms with van der Waals surface area (Å²) in [6.45, 7) is 1.91. The summed E-state index contributed by atoms with van der Waals surface area (Å²) in [5, 5.41) is 3.86. The molecule has 0 aromatic heterocycles. The Bertz CT molecular complexity index is 688. The van der Waals surface area contributed by atoms with Gasteiger partial charge in [0.2, 0.25) is 5.91 Å². The van der Waals surface area contributed by atoms with Crippen molar-refractivity contribution >= 4 is 34.8 Å². The fourth-order valence-electron chi connectivity index (χ4n) is 2.32. The van der Waals surface area contributed by atoms with Gasteiger partial charge < -0.3 is 11.1 Å². The number of halogens is 2. The standard InChI is InChI=1S/C16H18Cl2N4O/c1-9(22-20)10-5-2-3-8-13(10)21-15(16(19)23)14-11(17)6-4-7-12(14)18/h2-9,15,21-22H,20H2,1H3,(H2,19,23). The van der Waals surface area contributed by atoms with Crippen molar-refractivity contribution in [3.05, 3.63) is 63.6 Å². The van der Waals surface area contributed by atoms with Crippen molar-refractivity contribution in [2.75, 3.05) is 5.32 Å². The van der Waals surface area contributed by atoms with E-state index in [9.17, 15) is 4.79 Å². The van der Waals surface area contributed by atoms with Crippen LogP contribution in [-0.4, -0.2) is 5.91 Å². The molecule has 2 atom stereocenters. The van der Waals surface area contributed by atoms with Crippen molar-refractivity contribution in [3.8, 4) is 0 Å². The molecular weight excluding hydrogens is 335 g/mol. The fourth-order valence-corrected chi connectivity index (χ4v) is 2.94. The Morgan fingerprint density at radius 3 is 2.26 bits per heavy atom. The molecule has 0 heterocycles. The first-order chi connectivity index (χ1) is 11.0. The summed E-state index contributed by atoms with van der Waals surface area (Å²) in [6, 6.07) is 11.5. The largest absolute Gasteiger partial charge is 0.370 e. The van der Waals surface area contributed by atoms with Gasteiger partial charge in [0.1, 0.15) is 6.04 Å². The molecule has 2 aromatic rings. The molecule has 0 fully saturated rings. The van der Waals surface area contributed by atoms with Gasteiger partial charge in [0.05, 0.1) is 0 Å². The van der Waals surface area contributed by atoms with Gasteiger partial charge in [0, 0.05) is 27.3 Å². The number of carbonyl (C=O) groups excluding carboxylic acids is 1. The van der Waals surface area contributed by atoms with Gasteiger partial charge in [-0.25, -0.2) is 0 Å². The first-order valence-electron chi connectivity index (χ1n) is 7.00. The van der Waals surface area contributed by atoms with Gasteiger partial charge in [-0.2, -0.15) is 0 Å². The Kier molecular flexibility index (Phi) is 5.85. The molecule has 2 rings (SSSR count). The number of carbonyl (C=O) groups is 1. The van der Waals surface area contributed by atoms with Crippen molar-refractivity contribution in [2.45, 2.75) is 19.0 Å². The number of nitrogens with one attached hydrogen (secondary N) is 2. The van der Waals surface area contributed by atoms with Gasteiger partial charge in [0.25, 0.3) is 0 Å². The second-order valence-corrected chi connectivity index (χ2v) is 5.91. The average Bonchev–Trinajstić information content (AvgIpc) is 2.53. The lowest BCUT2D eigenvalue weighted by Crippen LogP contribution is -2.30. The normalized spacial score (nSPS) is 13.4. The summed E-state index contributed by atoms with van der Waals surface area (Å²) >= 11 is 12.4. The van der Waals surface area contributed by atoms with Crippen molar-refractivity contribution < 1.29 is 4.79 Å². The maximum absolute atomic E-state index is 12.0. The third-order valence-corrected chi connectivity index (χ3v) is 4.21. The van der Waals surface area contributed by atoms with Crippen LogP contribution in [0.15, 0.2) is 42.5 Å². The van der Waals surface area contributed by atoms with Crippen LogP contribution in [0.25, 0.3) is 0 Å². The Hall–Kier alpha value is -1.79. The molecule has 5 nitrogen and oxygen atoms in total. The summed E-state index contributed by atoms with van der Waals surface area (Å²) in [5.41, 5.74) is 10.3. The highest BCUT2D eigenvalue weighted by Crippen LogP contribution is 2.34. The Morgan fingerprint density at radius 1 is 1.09 bits per heavy atom. The van der Waals surface area contributed by atoms with Crippen LogP contribution >= 0.6 is 23.2 Å². The first kappa shape index (κ1) is 17.6. The summed E-state index contributed by atoms with van der Waals surface area (Å²) < 4.78 is 0. The minimum absolute atomic E-state index is 0.117. The maximum atomic E-state index is 12.0. The minimum Gasteiger partial charge on any atom is -0.370 e. The number of hydrazine groups is 1. The summed E-state index contributed by atoms with van der Waals surface area (Å²) in [5.74, 6) is 4.93. The van der Waals surface area contributed by atoms with Crippen LogP contribution in [0.3, 0.4) is 0 Å². The Labute approximate surface area is 144 Å². The van der Waals surface area contributed by atoms with E-state index in [0.717, 1.165) is 11.3 Å². The number of primary amides is 1. The summed E-state index contributed by atoms with van der Waals surface area (Å²) in [6.07, 6.45) is 0. The number of para-hydroxylation sites is 1. The van der Waals surface area contributed by atoms with Crippen LogP contribution in [0.4, 0.5) is 5.69 Å². The average molecular weight is 353 g/mol. The lowest BCUT2D eigenvalue weighted by atomic mass is 10.0. The molecule has 0 radical (unpaired) electrons. The van der Waals surface area contributed by atoms with Crippen LogP contribution in [0.1, 0.15) is 30.1 Å². The van der Waals surface area contributed by atoms with Crippen LogP contribution in [0.2, 0.25) is 10.0 Å². The van der Waals surface area contributed by atoms with Crippen molar-refractivity contribution in [3.63, 3.8) is 0 Å². The van der Waals surface area contributed by atoms with Crippen LogP contribution < -0.4 is 22.3 Å². The third-order valence-electron chi connectivity index (χ3n) is 3.55. The number of amides is 1. The van der Waals surface area contributed by atoms with Crippen LogP contribution in [0, 0.1) is 0 Å². The Balaban J connectivity index is 2.45. The lowest BCUT2D eigenvalue weighted by Gasteiger charge is -2.23. The van der Waals surface area contributed by atoms with E-state index in [-0.39, 0.29) is 6.04 Å². The van der Waals surface area contributed by atoms with Crippen molar-refractivity contribution in [1.82, 2.24) is 5.43 Å². The van der Waals surface area contributed by atoms with Crippen LogP contribution in [-0.2, 0) is 4.79 Å². The maximum Gasteiger partial charge on any atom is 0.244 e. The SMILES string of the molecule is CC(NN)c1ccccc1NC(C(N)=O)c1c(Cl)cccc1Cl. The predicted octanol–water partition coefficient (Wildman–Crippen LogP) is 3.16. The van der Waals surface area contributed by atoms with E-state index >= 15 is 0 Å². The quantitative estimate of drug-likeness (QED) is 0.474. The summed E-state index contributed by atoms with van der Waals surface area (Å²) in [4.78, 5) is 12.0. The van der Waals surface area contributed by atoms with Gasteiger partial charge >= 0.3 is 0 Å². The number of rotatable bonds is 6. The molecule has 122 valence electrons. The zero-order chi connectivity index (χ0) is 17.0. The molecule has 23 heavy (non-hydrogen) atoms. The van der Waals surface area contributed by atoms with E-state index in [4.69, 9.17) is 34.8 Å². The highest BCUT2D eigenvalue weighted by molar-refractivity contribution is 6.36. The van der Waals surface area contributed by atoms with Crippen molar-refractivity contribution in [2.24, 2.45) is 11.6 Å². The molecular formula is C16H18Cl2N4O. The number of hydrogen-bond acceptors (Lipinski definition) is 4. The van der Waals surface area contributed by atoms with Gasteiger partial charge in [-0.3, -0.25) is 16.1 Å². The van der Waals surface area contributed by atoms with Gasteiger partial charge in [-0.15, -0.1) is 0 Å². The summed E-state index contributed by atoms with van der Waals surface area (Å²) in [7, 11) is 0. The predicted molar refractivity (Wildman–Crippen MR) is 94.2 cm³/mol.